The largest absolute Gasteiger partial charge is 0.492 e. The van der Waals surface area contributed by atoms with Crippen LogP contribution in [0.4, 0.5) is 0 Å². The van der Waals surface area contributed by atoms with Crippen molar-refractivity contribution in [2.75, 3.05) is 38.5 Å². The fraction of sp³-hybridized carbons (Fsp3) is 0.500. The zero-order chi connectivity index (χ0) is 25.0. The molecule has 14 heteroatoms. The van der Waals surface area contributed by atoms with E-state index in [-0.39, 0.29) is 30.0 Å². The molecule has 0 radical (unpaired) electrons. The van der Waals surface area contributed by atoms with Crippen molar-refractivity contribution >= 4 is 33.7 Å². The van der Waals surface area contributed by atoms with Gasteiger partial charge in [0.15, 0.2) is 5.96 Å². The number of benzene rings is 1. The first-order chi connectivity index (χ1) is 16.2. The van der Waals surface area contributed by atoms with Crippen LogP contribution in [0.1, 0.15) is 29.6 Å². The first-order valence-corrected chi connectivity index (χ1v) is 12.4. The Morgan fingerprint density at radius 3 is 2.65 bits per heavy atom. The van der Waals surface area contributed by atoms with Crippen molar-refractivity contribution in [3.63, 3.8) is 0 Å². The number of ether oxygens (including phenoxy) is 1. The van der Waals surface area contributed by atoms with Gasteiger partial charge in [-0.1, -0.05) is 0 Å². The maximum absolute atomic E-state index is 12.3. The minimum atomic E-state index is -3.93. The fourth-order valence-corrected chi connectivity index (χ4v) is 4.16. The van der Waals surface area contributed by atoms with Gasteiger partial charge in [-0.2, -0.15) is 4.72 Å². The van der Waals surface area contributed by atoms with Gasteiger partial charge in [0.2, 0.25) is 10.0 Å². The van der Waals surface area contributed by atoms with Gasteiger partial charge in [-0.05, 0) is 37.1 Å². The Labute approximate surface area is 198 Å². The monoisotopic (exact) mass is 497 g/mol. The summed E-state index contributed by atoms with van der Waals surface area (Å²) >= 11 is 0. The summed E-state index contributed by atoms with van der Waals surface area (Å²) in [5.41, 5.74) is 5.45. The molecule has 0 saturated heterocycles. The van der Waals surface area contributed by atoms with Gasteiger partial charge in [0.25, 0.3) is 5.91 Å². The molecule has 8 N–H and O–H groups in total. The standard InChI is InChI=1S/C20H31N7O6S/c21-17(22)3-1-12-34(31,32)27-16(19(29)30)13-26-18(28)14-4-6-15(7-5-14)33-11-10-25-20-23-8-2-9-24-20/h4-7,16,27H,1-3,8-13H2,(H3,21,22)(H,26,28)(H,29,30)(H2,23,24,25)/t16-/m0/s1. The Morgan fingerprint density at radius 2 is 2.03 bits per heavy atom. The smallest absolute Gasteiger partial charge is 0.323 e. The number of carboxylic acid groups (broad SMARTS) is 1. The van der Waals surface area contributed by atoms with E-state index in [2.05, 4.69) is 20.9 Å². The molecule has 1 aliphatic heterocycles. The Bertz CT molecular complexity index is 982. The molecule has 0 fully saturated rings. The molecule has 1 atom stereocenters. The number of aliphatic carboxylic acids is 1. The number of carbonyl (C=O) groups is 2. The van der Waals surface area contributed by atoms with Crippen molar-refractivity contribution in [3.05, 3.63) is 29.8 Å². The number of hydrogen-bond acceptors (Lipinski definition) is 9. The quantitative estimate of drug-likeness (QED) is 0.0936. The van der Waals surface area contributed by atoms with Gasteiger partial charge in [0.05, 0.1) is 18.1 Å². The van der Waals surface area contributed by atoms with Gasteiger partial charge in [-0.3, -0.25) is 20.0 Å². The molecule has 0 bridgehead atoms. The number of carboxylic acids is 1. The number of amides is 1. The Kier molecular flexibility index (Phi) is 10.5. The van der Waals surface area contributed by atoms with Gasteiger partial charge in [-0.25, -0.2) is 8.42 Å². The number of nitrogens with two attached hydrogens (primary N) is 1. The average Bonchev–Trinajstić information content (AvgIpc) is 2.79. The van der Waals surface area contributed by atoms with Crippen LogP contribution in [-0.2, 0) is 14.8 Å². The molecule has 2 rings (SSSR count). The van der Waals surface area contributed by atoms with Crippen molar-refractivity contribution in [1.29, 1.82) is 5.41 Å². The Hall–Kier alpha value is -3.39. The fourth-order valence-electron chi connectivity index (χ4n) is 2.90. The number of amidine groups is 1. The van der Waals surface area contributed by atoms with E-state index in [9.17, 15) is 23.1 Å². The SMILES string of the molecule is N=C(N)CCCS(=O)(=O)N[C@@H](CNC(=O)c1ccc(OCCNC2=NCCCN2)cc1)C(=O)O. The second-order valence-electron chi connectivity index (χ2n) is 7.48. The number of aliphatic imine (C=N–C) groups is 1. The summed E-state index contributed by atoms with van der Waals surface area (Å²) in [5.74, 6) is -1.22. The highest BCUT2D eigenvalue weighted by Crippen LogP contribution is 2.12. The van der Waals surface area contributed by atoms with Gasteiger partial charge in [0.1, 0.15) is 18.4 Å². The predicted molar refractivity (Wildman–Crippen MR) is 127 cm³/mol. The number of guanidine groups is 1. The third-order valence-corrected chi connectivity index (χ3v) is 6.09. The summed E-state index contributed by atoms with van der Waals surface area (Å²) in [4.78, 5) is 28.0. The number of nitrogens with one attached hydrogen (secondary N) is 5. The molecule has 188 valence electrons. The van der Waals surface area contributed by atoms with E-state index < -0.39 is 34.5 Å². The molecule has 1 aromatic carbocycles. The molecule has 1 aliphatic rings. The van der Waals surface area contributed by atoms with Crippen molar-refractivity contribution < 1.29 is 27.9 Å². The normalized spacial score (nSPS) is 14.3. The molecule has 1 heterocycles. The van der Waals surface area contributed by atoms with Crippen LogP contribution in [0.15, 0.2) is 29.3 Å². The molecule has 1 aromatic rings. The summed E-state index contributed by atoms with van der Waals surface area (Å²) in [5, 5.41) is 25.1. The van der Waals surface area contributed by atoms with E-state index in [1.54, 1.807) is 12.1 Å². The van der Waals surface area contributed by atoms with Crippen LogP contribution in [0.3, 0.4) is 0 Å². The van der Waals surface area contributed by atoms with Crippen LogP contribution < -0.4 is 31.1 Å². The first kappa shape index (κ1) is 26.9. The number of nitrogens with zero attached hydrogens (tertiary/aromatic N) is 1. The van der Waals surface area contributed by atoms with E-state index in [0.29, 0.717) is 18.9 Å². The molecular weight excluding hydrogens is 466 g/mol. The lowest BCUT2D eigenvalue weighted by Gasteiger charge is -2.16. The minimum absolute atomic E-state index is 0.0815. The lowest BCUT2D eigenvalue weighted by atomic mass is 10.2. The van der Waals surface area contributed by atoms with Crippen LogP contribution in [0.5, 0.6) is 5.75 Å². The van der Waals surface area contributed by atoms with E-state index in [0.717, 1.165) is 25.5 Å². The average molecular weight is 498 g/mol. The van der Waals surface area contributed by atoms with Gasteiger partial charge in [-0.15, -0.1) is 0 Å². The third-order valence-electron chi connectivity index (χ3n) is 4.62. The zero-order valence-electron chi connectivity index (χ0n) is 18.7. The van der Waals surface area contributed by atoms with Crippen LogP contribution in [0, 0.1) is 5.41 Å². The topological polar surface area (TPSA) is 208 Å². The van der Waals surface area contributed by atoms with E-state index in [1.807, 2.05) is 4.72 Å². The van der Waals surface area contributed by atoms with Crippen LogP contribution >= 0.6 is 0 Å². The summed E-state index contributed by atoms with van der Waals surface area (Å²) in [6, 6.07) is 4.72. The second kappa shape index (κ2) is 13.3. The molecule has 0 unspecified atom stereocenters. The lowest BCUT2D eigenvalue weighted by molar-refractivity contribution is -0.138. The lowest BCUT2D eigenvalue weighted by Crippen LogP contribution is -2.49. The molecule has 0 aliphatic carbocycles. The molecule has 1 amide bonds. The molecule has 0 aromatic heterocycles. The highest BCUT2D eigenvalue weighted by atomic mass is 32.2. The van der Waals surface area contributed by atoms with Crippen LogP contribution in [0.25, 0.3) is 0 Å². The number of sulfonamides is 1. The summed E-state index contributed by atoms with van der Waals surface area (Å²) in [6.07, 6.45) is 1.17. The number of rotatable bonds is 14. The summed E-state index contributed by atoms with van der Waals surface area (Å²) < 4.78 is 31.8. The van der Waals surface area contributed by atoms with Crippen LogP contribution in [0.2, 0.25) is 0 Å². The molecule has 34 heavy (non-hydrogen) atoms. The van der Waals surface area contributed by atoms with Crippen molar-refractivity contribution in [2.24, 2.45) is 10.7 Å². The predicted octanol–water partition coefficient (Wildman–Crippen LogP) is -1.18. The van der Waals surface area contributed by atoms with Crippen LogP contribution in [-0.4, -0.2) is 81.8 Å². The number of carbonyl (C=O) groups excluding carboxylic acids is 1. The molecule has 0 saturated carbocycles. The van der Waals surface area contributed by atoms with Gasteiger partial charge in [0, 0.05) is 31.6 Å². The Morgan fingerprint density at radius 1 is 1.29 bits per heavy atom. The number of hydrogen-bond donors (Lipinski definition) is 7. The maximum atomic E-state index is 12.3. The molecule has 13 nitrogen and oxygen atoms in total. The van der Waals surface area contributed by atoms with E-state index >= 15 is 0 Å². The molecular formula is C20H31N7O6S. The van der Waals surface area contributed by atoms with E-state index in [4.69, 9.17) is 15.9 Å². The summed E-state index contributed by atoms with van der Waals surface area (Å²) in [6.45, 7) is 2.17. The summed E-state index contributed by atoms with van der Waals surface area (Å²) in [7, 11) is -3.93. The van der Waals surface area contributed by atoms with Crippen molar-refractivity contribution in [1.82, 2.24) is 20.7 Å². The highest BCUT2D eigenvalue weighted by Gasteiger charge is 2.24. The molecule has 0 spiro atoms. The minimum Gasteiger partial charge on any atom is -0.492 e. The van der Waals surface area contributed by atoms with E-state index in [1.165, 1.54) is 12.1 Å². The van der Waals surface area contributed by atoms with Gasteiger partial charge < -0.3 is 31.5 Å². The Balaban J connectivity index is 1.77. The van der Waals surface area contributed by atoms with Gasteiger partial charge >= 0.3 is 5.97 Å². The maximum Gasteiger partial charge on any atom is 0.323 e. The van der Waals surface area contributed by atoms with Crippen molar-refractivity contribution in [2.45, 2.75) is 25.3 Å². The van der Waals surface area contributed by atoms with Crippen molar-refractivity contribution in [3.8, 4) is 5.75 Å². The first-order valence-electron chi connectivity index (χ1n) is 10.8. The zero-order valence-corrected chi connectivity index (χ0v) is 19.5. The second-order valence-corrected chi connectivity index (χ2v) is 9.35. The third kappa shape index (κ3) is 10.0. The highest BCUT2D eigenvalue weighted by molar-refractivity contribution is 7.89.